The van der Waals surface area contributed by atoms with Crippen LogP contribution in [0.2, 0.25) is 0 Å². The van der Waals surface area contributed by atoms with Crippen molar-refractivity contribution >= 4 is 55.4 Å². The minimum Gasteiger partial charge on any atom is -0.333 e. The van der Waals surface area contributed by atoms with Gasteiger partial charge in [0.25, 0.3) is 0 Å². The third-order valence-electron chi connectivity index (χ3n) is 10.1. The lowest BCUT2D eigenvalue weighted by atomic mass is 9.95. The first-order valence-corrected chi connectivity index (χ1v) is 17.9. The number of nitrogens with zero attached hydrogens (tertiary/aromatic N) is 3. The molecule has 0 amide bonds. The Morgan fingerprint density at radius 3 is 1.78 bits per heavy atom. The van der Waals surface area contributed by atoms with Crippen molar-refractivity contribution in [2.24, 2.45) is 0 Å². The maximum atomic E-state index is 4.68. The van der Waals surface area contributed by atoms with Crippen molar-refractivity contribution in [3.63, 3.8) is 0 Å². The van der Waals surface area contributed by atoms with Crippen molar-refractivity contribution in [1.82, 2.24) is 14.5 Å². The smallest absolute Gasteiger partial charge is 0.0708 e. The molecule has 50 heavy (non-hydrogen) atoms. The Balaban J connectivity index is 1.12. The number of para-hydroxylation sites is 1. The van der Waals surface area contributed by atoms with Crippen LogP contribution < -0.4 is 9.75 Å². The van der Waals surface area contributed by atoms with Gasteiger partial charge < -0.3 is 4.57 Å². The summed E-state index contributed by atoms with van der Waals surface area (Å²) in [6.45, 7) is 0. The van der Waals surface area contributed by atoms with Gasteiger partial charge in [0.15, 0.2) is 0 Å². The summed E-state index contributed by atoms with van der Waals surface area (Å²) >= 11 is 1.90. The average molecular weight is 658 g/mol. The van der Waals surface area contributed by atoms with Crippen LogP contribution in [0.5, 0.6) is 0 Å². The Labute approximate surface area is 293 Å². The summed E-state index contributed by atoms with van der Waals surface area (Å²) in [4.78, 5) is 9.35. The van der Waals surface area contributed by atoms with Crippen LogP contribution in [0.25, 0.3) is 88.8 Å². The van der Waals surface area contributed by atoms with Crippen molar-refractivity contribution in [3.8, 4) is 44.8 Å². The molecular formula is C46H31N3S. The average Bonchev–Trinajstić information content (AvgIpc) is 3.73. The molecule has 0 radical (unpaired) electrons. The van der Waals surface area contributed by atoms with E-state index >= 15 is 0 Å². The minimum atomic E-state index is 0.193. The van der Waals surface area contributed by atoms with Crippen molar-refractivity contribution in [2.75, 3.05) is 0 Å². The molecule has 0 aliphatic heterocycles. The zero-order valence-electron chi connectivity index (χ0n) is 27.2. The molecule has 1 atom stereocenters. The summed E-state index contributed by atoms with van der Waals surface area (Å²) in [5.41, 5.74) is 11.6. The summed E-state index contributed by atoms with van der Waals surface area (Å²) in [6, 6.07) is 52.4. The highest BCUT2D eigenvalue weighted by Crippen LogP contribution is 2.39. The number of hydrogen-bond donors (Lipinski definition) is 0. The fraction of sp³-hybridized carbons (Fsp3) is 0.0435. The molecule has 4 heteroatoms. The molecule has 3 nitrogen and oxygen atoms in total. The van der Waals surface area contributed by atoms with Crippen molar-refractivity contribution in [2.45, 2.75) is 12.5 Å². The molecule has 236 valence electrons. The summed E-state index contributed by atoms with van der Waals surface area (Å²) in [7, 11) is 0. The Bertz CT molecular complexity index is 2850. The quantitative estimate of drug-likeness (QED) is 0.184. The lowest BCUT2D eigenvalue weighted by molar-refractivity contribution is 0.696. The molecule has 0 saturated heterocycles. The van der Waals surface area contributed by atoms with E-state index in [1.807, 2.05) is 35.9 Å². The highest BCUT2D eigenvalue weighted by atomic mass is 32.1. The van der Waals surface area contributed by atoms with Gasteiger partial charge in [-0.2, -0.15) is 0 Å². The van der Waals surface area contributed by atoms with Crippen molar-refractivity contribution in [3.05, 3.63) is 168 Å². The predicted molar refractivity (Wildman–Crippen MR) is 210 cm³/mol. The predicted octanol–water partition coefficient (Wildman–Crippen LogP) is 10.7. The van der Waals surface area contributed by atoms with Crippen LogP contribution in [-0.2, 0) is 0 Å². The number of benzene rings is 5. The van der Waals surface area contributed by atoms with Gasteiger partial charge in [-0.05, 0) is 88.5 Å². The molecule has 1 aliphatic carbocycles. The number of hydrogen-bond acceptors (Lipinski definition) is 3. The molecule has 1 aliphatic rings. The molecule has 9 aromatic rings. The zero-order chi connectivity index (χ0) is 33.0. The van der Waals surface area contributed by atoms with Crippen molar-refractivity contribution in [1.29, 1.82) is 0 Å². The highest BCUT2D eigenvalue weighted by molar-refractivity contribution is 7.17. The maximum absolute atomic E-state index is 4.68. The third kappa shape index (κ3) is 4.72. The summed E-state index contributed by atoms with van der Waals surface area (Å²) in [6.07, 6.45) is 9.65. The van der Waals surface area contributed by atoms with E-state index in [0.29, 0.717) is 0 Å². The molecule has 0 saturated carbocycles. The normalized spacial score (nSPS) is 14.0. The highest BCUT2D eigenvalue weighted by Gasteiger charge is 2.20. The fourth-order valence-corrected chi connectivity index (χ4v) is 8.90. The number of thiophene rings is 1. The molecule has 1 unspecified atom stereocenters. The van der Waals surface area contributed by atoms with E-state index < -0.39 is 0 Å². The summed E-state index contributed by atoms with van der Waals surface area (Å²) in [5.74, 6) is 0. The summed E-state index contributed by atoms with van der Waals surface area (Å²) < 4.78 is 5.24. The lowest BCUT2D eigenvalue weighted by Gasteiger charge is -2.19. The first-order chi connectivity index (χ1) is 24.8. The van der Waals surface area contributed by atoms with E-state index in [2.05, 4.69) is 160 Å². The van der Waals surface area contributed by atoms with Gasteiger partial charge in [-0.25, -0.2) is 0 Å². The third-order valence-corrected chi connectivity index (χ3v) is 11.2. The Morgan fingerprint density at radius 1 is 0.520 bits per heavy atom. The van der Waals surface area contributed by atoms with Crippen molar-refractivity contribution < 1.29 is 0 Å². The second-order valence-corrected chi connectivity index (χ2v) is 14.0. The second-order valence-electron chi connectivity index (χ2n) is 12.9. The van der Waals surface area contributed by atoms with E-state index in [4.69, 9.17) is 0 Å². The molecule has 4 heterocycles. The van der Waals surface area contributed by atoms with Gasteiger partial charge in [0.2, 0.25) is 0 Å². The fourth-order valence-electron chi connectivity index (χ4n) is 7.78. The molecule has 4 aromatic heterocycles. The topological polar surface area (TPSA) is 30.7 Å². The minimum absolute atomic E-state index is 0.193. The number of aromatic nitrogens is 3. The first-order valence-electron chi connectivity index (χ1n) is 17.1. The molecule has 0 bridgehead atoms. The van der Waals surface area contributed by atoms with E-state index in [0.717, 1.165) is 28.9 Å². The molecule has 10 rings (SSSR count). The maximum Gasteiger partial charge on any atom is 0.0708 e. The largest absolute Gasteiger partial charge is 0.333 e. The molecule has 0 N–H and O–H groups in total. The molecule has 5 aromatic carbocycles. The van der Waals surface area contributed by atoms with Gasteiger partial charge in [-0.15, -0.1) is 11.3 Å². The lowest BCUT2D eigenvalue weighted by Crippen LogP contribution is -2.25. The Kier molecular flexibility index (Phi) is 6.81. The van der Waals surface area contributed by atoms with E-state index in [-0.39, 0.29) is 6.04 Å². The number of pyridine rings is 2. The van der Waals surface area contributed by atoms with Crippen LogP contribution in [-0.4, -0.2) is 14.5 Å². The van der Waals surface area contributed by atoms with Crippen LogP contribution in [0.4, 0.5) is 0 Å². The Morgan fingerprint density at radius 2 is 1.10 bits per heavy atom. The Hall–Kier alpha value is -6.10. The van der Waals surface area contributed by atoms with Gasteiger partial charge >= 0.3 is 0 Å². The van der Waals surface area contributed by atoms with E-state index in [9.17, 15) is 0 Å². The molecular weight excluding hydrogens is 627 g/mol. The van der Waals surface area contributed by atoms with Gasteiger partial charge in [-0.3, -0.25) is 9.97 Å². The SMILES string of the molecule is C1=c2sc3ccc(-c4ccccc4-c4ccccn4)cc3c2=CC(n2c3ccccc3c3cc(-c4ccccc4-c4ccccn4)ccc32)C1. The molecule has 0 spiro atoms. The standard InChI is InChI=1S/C46H31N3S/c1-3-13-35(41-16-7-9-25-47-41)33(11-1)30-19-22-44-38(27-30)37-15-5-6-18-43(37)49(44)32-21-24-46-40(29-32)39-28-31(20-23-45(39)50-46)34-12-2-4-14-36(34)42-17-8-10-26-48-42/h1-20,22-29,32H,21H2. The monoisotopic (exact) mass is 657 g/mol. The van der Waals surface area contributed by atoms with Gasteiger partial charge in [-0.1, -0.05) is 103 Å². The van der Waals surface area contributed by atoms with Crippen LogP contribution in [0.3, 0.4) is 0 Å². The zero-order valence-corrected chi connectivity index (χ0v) is 28.0. The second kappa shape index (κ2) is 11.8. The van der Waals surface area contributed by atoms with Crippen LogP contribution in [0.15, 0.2) is 158 Å². The van der Waals surface area contributed by atoms with E-state index in [1.54, 1.807) is 0 Å². The summed E-state index contributed by atoms with van der Waals surface area (Å²) in [5, 5.41) is 5.21. The number of fused-ring (bicyclic) bond motifs is 6. The van der Waals surface area contributed by atoms with Gasteiger partial charge in [0, 0.05) is 59.9 Å². The first kappa shape index (κ1) is 28.9. The van der Waals surface area contributed by atoms with Gasteiger partial charge in [0.05, 0.1) is 17.4 Å². The number of rotatable bonds is 5. The van der Waals surface area contributed by atoms with Crippen LogP contribution >= 0.6 is 11.3 Å². The van der Waals surface area contributed by atoms with Gasteiger partial charge in [0.1, 0.15) is 0 Å². The van der Waals surface area contributed by atoms with Crippen LogP contribution in [0, 0.1) is 0 Å². The van der Waals surface area contributed by atoms with Crippen LogP contribution in [0.1, 0.15) is 12.5 Å². The molecule has 0 fully saturated rings. The van der Waals surface area contributed by atoms with E-state index in [1.165, 1.54) is 63.9 Å².